The Kier molecular flexibility index (Phi) is 3.50. The van der Waals surface area contributed by atoms with Crippen molar-refractivity contribution < 1.29 is 14.3 Å². The molecule has 106 valence electrons. The molecule has 0 aromatic rings. The Morgan fingerprint density at radius 1 is 1.11 bits per heavy atom. The summed E-state index contributed by atoms with van der Waals surface area (Å²) in [5.74, 6) is 1.71. The molecular weight excluding hydrogens is 242 g/mol. The molecule has 2 unspecified atom stereocenters. The van der Waals surface area contributed by atoms with Crippen LogP contribution in [0.5, 0.6) is 0 Å². The number of rotatable bonds is 4. The van der Waals surface area contributed by atoms with Crippen molar-refractivity contribution in [2.24, 2.45) is 17.8 Å². The van der Waals surface area contributed by atoms with Crippen molar-refractivity contribution in [1.82, 2.24) is 4.90 Å². The Morgan fingerprint density at radius 3 is 2.32 bits per heavy atom. The van der Waals surface area contributed by atoms with Gasteiger partial charge in [0.25, 0.3) is 0 Å². The van der Waals surface area contributed by atoms with E-state index in [9.17, 15) is 9.59 Å². The second-order valence-electron chi connectivity index (χ2n) is 6.40. The lowest BCUT2D eigenvalue weighted by atomic mass is 10.0. The lowest BCUT2D eigenvalue weighted by molar-refractivity contribution is -0.150. The van der Waals surface area contributed by atoms with Crippen molar-refractivity contribution in [3.8, 4) is 0 Å². The fourth-order valence-corrected chi connectivity index (χ4v) is 3.96. The van der Waals surface area contributed by atoms with E-state index in [4.69, 9.17) is 4.74 Å². The third-order valence-corrected chi connectivity index (χ3v) is 5.17. The number of hydrogen-bond acceptors (Lipinski definition) is 3. The fourth-order valence-electron chi connectivity index (χ4n) is 3.96. The Labute approximate surface area is 114 Å². The summed E-state index contributed by atoms with van der Waals surface area (Å²) in [5, 5.41) is 0. The zero-order valence-electron chi connectivity index (χ0n) is 11.6. The van der Waals surface area contributed by atoms with Gasteiger partial charge in [-0.1, -0.05) is 12.8 Å². The topological polar surface area (TPSA) is 46.6 Å². The van der Waals surface area contributed by atoms with Gasteiger partial charge in [0.15, 0.2) is 0 Å². The van der Waals surface area contributed by atoms with Crippen molar-refractivity contribution in [1.29, 1.82) is 0 Å². The molecule has 0 spiro atoms. The predicted octanol–water partition coefficient (Wildman–Crippen LogP) is 1.98. The van der Waals surface area contributed by atoms with Gasteiger partial charge in [0.05, 0.1) is 7.11 Å². The summed E-state index contributed by atoms with van der Waals surface area (Å²) in [4.78, 5) is 26.1. The van der Waals surface area contributed by atoms with E-state index in [0.717, 1.165) is 37.5 Å². The molecule has 0 aromatic heterocycles. The summed E-state index contributed by atoms with van der Waals surface area (Å²) in [7, 11) is 1.39. The van der Waals surface area contributed by atoms with Gasteiger partial charge in [0, 0.05) is 12.0 Å². The lowest BCUT2D eigenvalue weighted by Crippen LogP contribution is -2.45. The van der Waals surface area contributed by atoms with E-state index in [1.807, 2.05) is 4.90 Å². The summed E-state index contributed by atoms with van der Waals surface area (Å²) in [6.07, 6.45) is 7.85. The van der Waals surface area contributed by atoms with Gasteiger partial charge >= 0.3 is 5.97 Å². The van der Waals surface area contributed by atoms with Crippen LogP contribution in [0.1, 0.15) is 44.9 Å². The van der Waals surface area contributed by atoms with E-state index >= 15 is 0 Å². The minimum absolute atomic E-state index is 0.145. The number of esters is 1. The number of fused-ring (bicyclic) bond motifs is 1. The molecule has 0 aliphatic heterocycles. The van der Waals surface area contributed by atoms with Crippen LogP contribution in [0.4, 0.5) is 0 Å². The first-order chi connectivity index (χ1) is 9.19. The molecule has 3 rings (SSSR count). The third kappa shape index (κ3) is 2.63. The average molecular weight is 265 g/mol. The Morgan fingerprint density at radius 2 is 1.74 bits per heavy atom. The minimum atomic E-state index is -0.289. The molecule has 3 aliphatic carbocycles. The second-order valence-corrected chi connectivity index (χ2v) is 6.40. The van der Waals surface area contributed by atoms with E-state index in [1.165, 1.54) is 26.4 Å². The third-order valence-electron chi connectivity index (χ3n) is 5.17. The maximum absolute atomic E-state index is 12.7. The molecule has 3 saturated carbocycles. The highest BCUT2D eigenvalue weighted by Crippen LogP contribution is 2.54. The molecule has 3 aliphatic rings. The van der Waals surface area contributed by atoms with E-state index < -0.39 is 0 Å². The number of nitrogens with zero attached hydrogens (tertiary/aromatic N) is 1. The van der Waals surface area contributed by atoms with Gasteiger partial charge in [-0.05, 0) is 43.9 Å². The van der Waals surface area contributed by atoms with Gasteiger partial charge in [-0.2, -0.15) is 0 Å². The number of carbonyl (C=O) groups is 2. The molecule has 0 heterocycles. The SMILES string of the molecule is COC(=O)CN(C(=O)C1CC2CC2C1)C1CCCC1. The molecular formula is C15H23NO3. The summed E-state index contributed by atoms with van der Waals surface area (Å²) in [6.45, 7) is 0.145. The van der Waals surface area contributed by atoms with Crippen LogP contribution in [0.15, 0.2) is 0 Å². The van der Waals surface area contributed by atoms with Crippen LogP contribution < -0.4 is 0 Å². The molecule has 0 aromatic carbocycles. The molecule has 4 heteroatoms. The van der Waals surface area contributed by atoms with Crippen LogP contribution in [-0.2, 0) is 14.3 Å². The first kappa shape index (κ1) is 12.9. The molecule has 1 amide bonds. The standard InChI is InChI=1S/C15H23NO3/c1-19-14(17)9-16(13-4-2-3-5-13)15(18)12-7-10-6-11(10)8-12/h10-13H,2-9H2,1H3. The predicted molar refractivity (Wildman–Crippen MR) is 70.3 cm³/mol. The van der Waals surface area contributed by atoms with E-state index in [0.29, 0.717) is 0 Å². The number of methoxy groups -OCH3 is 1. The van der Waals surface area contributed by atoms with Crippen molar-refractivity contribution in [2.45, 2.75) is 51.0 Å². The van der Waals surface area contributed by atoms with Gasteiger partial charge in [-0.15, -0.1) is 0 Å². The molecule has 0 N–H and O–H groups in total. The van der Waals surface area contributed by atoms with E-state index in [-0.39, 0.29) is 30.4 Å². The molecule has 2 atom stereocenters. The first-order valence-corrected chi connectivity index (χ1v) is 7.56. The van der Waals surface area contributed by atoms with Crippen LogP contribution in [-0.4, -0.2) is 36.5 Å². The first-order valence-electron chi connectivity index (χ1n) is 7.56. The summed E-state index contributed by atoms with van der Waals surface area (Å²) >= 11 is 0. The average Bonchev–Trinajstić information content (AvgIpc) is 2.88. The largest absolute Gasteiger partial charge is 0.468 e. The summed E-state index contributed by atoms with van der Waals surface area (Å²) in [5.41, 5.74) is 0. The molecule has 3 fully saturated rings. The van der Waals surface area contributed by atoms with Gasteiger partial charge in [-0.25, -0.2) is 0 Å². The number of amides is 1. The second kappa shape index (κ2) is 5.14. The molecule has 19 heavy (non-hydrogen) atoms. The van der Waals surface area contributed by atoms with Crippen LogP contribution in [0.3, 0.4) is 0 Å². The minimum Gasteiger partial charge on any atom is -0.468 e. The Bertz CT molecular complexity index is 366. The van der Waals surface area contributed by atoms with Gasteiger partial charge in [-0.3, -0.25) is 9.59 Å². The van der Waals surface area contributed by atoms with E-state index in [2.05, 4.69) is 0 Å². The quantitative estimate of drug-likeness (QED) is 0.730. The fraction of sp³-hybridized carbons (Fsp3) is 0.867. The van der Waals surface area contributed by atoms with Gasteiger partial charge < -0.3 is 9.64 Å². The highest BCUT2D eigenvalue weighted by atomic mass is 16.5. The lowest BCUT2D eigenvalue weighted by Gasteiger charge is -2.30. The van der Waals surface area contributed by atoms with Crippen molar-refractivity contribution >= 4 is 11.9 Å². The summed E-state index contributed by atoms with van der Waals surface area (Å²) < 4.78 is 4.75. The molecule has 0 saturated heterocycles. The monoisotopic (exact) mass is 265 g/mol. The number of ether oxygens (including phenoxy) is 1. The van der Waals surface area contributed by atoms with Crippen molar-refractivity contribution in [3.05, 3.63) is 0 Å². The number of hydrogen-bond donors (Lipinski definition) is 0. The highest BCUT2D eigenvalue weighted by molar-refractivity contribution is 5.84. The van der Waals surface area contributed by atoms with Crippen LogP contribution >= 0.6 is 0 Å². The maximum atomic E-state index is 12.7. The Balaban J connectivity index is 1.66. The Hall–Kier alpha value is -1.06. The van der Waals surface area contributed by atoms with Crippen LogP contribution in [0.25, 0.3) is 0 Å². The van der Waals surface area contributed by atoms with Gasteiger partial charge in [0.1, 0.15) is 6.54 Å². The van der Waals surface area contributed by atoms with Crippen molar-refractivity contribution in [3.63, 3.8) is 0 Å². The maximum Gasteiger partial charge on any atom is 0.325 e. The normalized spacial score (nSPS) is 33.0. The molecule has 0 radical (unpaired) electrons. The van der Waals surface area contributed by atoms with Gasteiger partial charge in [0.2, 0.25) is 5.91 Å². The molecule has 0 bridgehead atoms. The van der Waals surface area contributed by atoms with Crippen LogP contribution in [0.2, 0.25) is 0 Å². The smallest absolute Gasteiger partial charge is 0.325 e. The molecule has 4 nitrogen and oxygen atoms in total. The highest BCUT2D eigenvalue weighted by Gasteiger charge is 2.49. The zero-order valence-corrected chi connectivity index (χ0v) is 11.6. The van der Waals surface area contributed by atoms with Crippen molar-refractivity contribution in [2.75, 3.05) is 13.7 Å². The zero-order chi connectivity index (χ0) is 13.4. The van der Waals surface area contributed by atoms with Crippen LogP contribution in [0, 0.1) is 17.8 Å². The summed E-state index contributed by atoms with van der Waals surface area (Å²) in [6, 6.07) is 0.267. The van der Waals surface area contributed by atoms with E-state index in [1.54, 1.807) is 0 Å². The number of carbonyl (C=O) groups excluding carboxylic acids is 2.